The number of rotatable bonds is 2. The maximum atomic E-state index is 12.8. The highest BCUT2D eigenvalue weighted by molar-refractivity contribution is 6.08. The van der Waals surface area contributed by atoms with Gasteiger partial charge in [0.15, 0.2) is 5.78 Å². The molecule has 27 heavy (non-hydrogen) atoms. The van der Waals surface area contributed by atoms with Gasteiger partial charge in [-0.05, 0) is 67.1 Å². The van der Waals surface area contributed by atoms with Crippen molar-refractivity contribution in [1.82, 2.24) is 5.32 Å². The number of nitrogens with one attached hydrogen (secondary N) is 1. The zero-order valence-corrected chi connectivity index (χ0v) is 16.7. The Balaban J connectivity index is 2.05. The van der Waals surface area contributed by atoms with Crippen LogP contribution in [0.4, 0.5) is 0 Å². The van der Waals surface area contributed by atoms with E-state index in [0.29, 0.717) is 11.1 Å². The summed E-state index contributed by atoms with van der Waals surface area (Å²) in [6.45, 7) is 10.9. The lowest BCUT2D eigenvalue weighted by molar-refractivity contribution is 0.104. The Morgan fingerprint density at radius 3 is 2.41 bits per heavy atom. The Bertz CT molecular complexity index is 951. The van der Waals surface area contributed by atoms with Gasteiger partial charge in [0.05, 0.1) is 11.6 Å². The first-order valence-corrected chi connectivity index (χ1v) is 9.27. The molecular weight excluding hydrogens is 332 g/mol. The van der Waals surface area contributed by atoms with Gasteiger partial charge in [0.1, 0.15) is 0 Å². The van der Waals surface area contributed by atoms with E-state index >= 15 is 0 Å². The van der Waals surface area contributed by atoms with Gasteiger partial charge in [-0.1, -0.05) is 32.9 Å². The van der Waals surface area contributed by atoms with Gasteiger partial charge in [-0.3, -0.25) is 4.79 Å². The zero-order valence-electron chi connectivity index (χ0n) is 16.7. The molecule has 0 spiro atoms. The largest absolute Gasteiger partial charge is 0.379 e. The van der Waals surface area contributed by atoms with E-state index in [-0.39, 0.29) is 16.7 Å². The number of hydrogen-bond acceptors (Lipinski definition) is 3. The predicted octanol–water partition coefficient (Wildman–Crippen LogP) is 5.00. The second-order valence-electron chi connectivity index (χ2n) is 8.92. The minimum atomic E-state index is -0.118. The summed E-state index contributed by atoms with van der Waals surface area (Å²) in [6.07, 6.45) is 2.60. The molecular formula is C24H26N2O. The van der Waals surface area contributed by atoms with Crippen LogP contribution in [0.2, 0.25) is 0 Å². The van der Waals surface area contributed by atoms with Gasteiger partial charge in [-0.25, -0.2) is 0 Å². The summed E-state index contributed by atoms with van der Waals surface area (Å²) < 4.78 is 0. The highest BCUT2D eigenvalue weighted by atomic mass is 16.1. The quantitative estimate of drug-likeness (QED) is 0.607. The van der Waals surface area contributed by atoms with Crippen LogP contribution in [-0.2, 0) is 11.8 Å². The molecule has 3 rings (SSSR count). The van der Waals surface area contributed by atoms with Gasteiger partial charge < -0.3 is 5.32 Å². The number of nitrogens with zero attached hydrogens (tertiary/aromatic N) is 1. The summed E-state index contributed by atoms with van der Waals surface area (Å²) in [5.74, 6) is -0.0631. The monoisotopic (exact) mass is 358 g/mol. The second kappa shape index (κ2) is 6.70. The van der Waals surface area contributed by atoms with Crippen molar-refractivity contribution in [1.29, 1.82) is 5.26 Å². The number of ketones is 1. The van der Waals surface area contributed by atoms with Gasteiger partial charge >= 0.3 is 0 Å². The third kappa shape index (κ3) is 4.11. The summed E-state index contributed by atoms with van der Waals surface area (Å²) in [4.78, 5) is 12.8. The van der Waals surface area contributed by atoms with Crippen LogP contribution in [0, 0.1) is 11.3 Å². The van der Waals surface area contributed by atoms with Gasteiger partial charge in [0.25, 0.3) is 0 Å². The van der Waals surface area contributed by atoms with Crippen molar-refractivity contribution in [3.8, 4) is 6.07 Å². The van der Waals surface area contributed by atoms with Crippen molar-refractivity contribution in [2.24, 2.45) is 0 Å². The molecule has 3 nitrogen and oxygen atoms in total. The van der Waals surface area contributed by atoms with Crippen molar-refractivity contribution in [3.63, 3.8) is 0 Å². The summed E-state index contributed by atoms with van der Waals surface area (Å²) in [7, 11) is 0. The lowest BCUT2D eigenvalue weighted by Gasteiger charge is -2.36. The third-order valence-corrected chi connectivity index (χ3v) is 4.95. The second-order valence-corrected chi connectivity index (χ2v) is 8.92. The molecule has 2 aromatic rings. The standard InChI is InChI=1S/C24H26N2O/c1-23(2,3)19-11-10-18-14-24(4,5)26-21(20(18)12-19)13-22(27)17-8-6-16(15-25)7-9-17/h6-13,26H,14H2,1-5H3/b21-13-. The van der Waals surface area contributed by atoms with E-state index in [2.05, 4.69) is 64.2 Å². The molecule has 0 saturated heterocycles. The van der Waals surface area contributed by atoms with Crippen LogP contribution in [0.3, 0.4) is 0 Å². The molecule has 0 amide bonds. The predicted molar refractivity (Wildman–Crippen MR) is 110 cm³/mol. The number of benzene rings is 2. The SMILES string of the molecule is CC1(C)Cc2ccc(C(C)(C)C)cc2/C(=C/C(=O)c2ccc(C#N)cc2)N1. The topological polar surface area (TPSA) is 52.9 Å². The van der Waals surface area contributed by atoms with E-state index < -0.39 is 0 Å². The first kappa shape index (κ1) is 18.9. The van der Waals surface area contributed by atoms with E-state index in [1.807, 2.05) is 0 Å². The fraction of sp³-hybridized carbons (Fsp3) is 0.333. The number of carbonyl (C=O) groups is 1. The van der Waals surface area contributed by atoms with Gasteiger partial charge in [-0.15, -0.1) is 0 Å². The minimum Gasteiger partial charge on any atom is -0.379 e. The molecule has 3 heteroatoms. The molecule has 0 radical (unpaired) electrons. The third-order valence-electron chi connectivity index (χ3n) is 4.95. The van der Waals surface area contributed by atoms with E-state index in [1.165, 1.54) is 11.1 Å². The number of nitriles is 1. The first-order chi connectivity index (χ1) is 12.6. The van der Waals surface area contributed by atoms with Crippen molar-refractivity contribution in [2.45, 2.75) is 52.0 Å². The van der Waals surface area contributed by atoms with Crippen LogP contribution in [0.1, 0.15) is 67.2 Å². The maximum Gasteiger partial charge on any atom is 0.187 e. The summed E-state index contributed by atoms with van der Waals surface area (Å²) >= 11 is 0. The molecule has 0 aliphatic carbocycles. The van der Waals surface area contributed by atoms with Crippen LogP contribution in [-0.4, -0.2) is 11.3 Å². The normalized spacial score (nSPS) is 17.0. The molecule has 0 fully saturated rings. The van der Waals surface area contributed by atoms with Gasteiger partial charge in [0.2, 0.25) is 0 Å². The molecule has 0 unspecified atom stereocenters. The summed E-state index contributed by atoms with van der Waals surface area (Å²) in [5.41, 5.74) is 5.53. The molecule has 1 N–H and O–H groups in total. The Labute approximate surface area is 161 Å². The minimum absolute atomic E-state index is 0.0459. The van der Waals surface area contributed by atoms with Crippen molar-refractivity contribution in [2.75, 3.05) is 0 Å². The number of fused-ring (bicyclic) bond motifs is 1. The Morgan fingerprint density at radius 1 is 1.15 bits per heavy atom. The lowest BCUT2D eigenvalue weighted by Crippen LogP contribution is -2.44. The number of hydrogen-bond donors (Lipinski definition) is 1. The van der Waals surface area contributed by atoms with Crippen LogP contribution >= 0.6 is 0 Å². The summed E-state index contributed by atoms with van der Waals surface area (Å²) in [5, 5.41) is 12.5. The molecule has 0 saturated carbocycles. The van der Waals surface area contributed by atoms with Crippen LogP contribution in [0.15, 0.2) is 48.5 Å². The van der Waals surface area contributed by atoms with E-state index in [1.54, 1.807) is 30.3 Å². The Morgan fingerprint density at radius 2 is 1.81 bits per heavy atom. The van der Waals surface area contributed by atoms with E-state index in [4.69, 9.17) is 5.26 Å². The van der Waals surface area contributed by atoms with Crippen LogP contribution in [0.5, 0.6) is 0 Å². The molecule has 1 aliphatic rings. The highest BCUT2D eigenvalue weighted by Gasteiger charge is 2.29. The van der Waals surface area contributed by atoms with Gasteiger partial charge in [0, 0.05) is 28.4 Å². The fourth-order valence-corrected chi connectivity index (χ4v) is 3.44. The molecule has 0 bridgehead atoms. The van der Waals surface area contributed by atoms with Crippen molar-refractivity contribution < 1.29 is 4.79 Å². The molecule has 1 heterocycles. The average Bonchev–Trinajstić information content (AvgIpc) is 2.59. The van der Waals surface area contributed by atoms with Crippen LogP contribution in [0.25, 0.3) is 5.70 Å². The lowest BCUT2D eigenvalue weighted by atomic mass is 9.80. The van der Waals surface area contributed by atoms with E-state index in [9.17, 15) is 4.79 Å². The molecule has 138 valence electrons. The first-order valence-electron chi connectivity index (χ1n) is 9.27. The summed E-state index contributed by atoms with van der Waals surface area (Å²) in [6, 6.07) is 15.4. The van der Waals surface area contributed by atoms with Gasteiger partial charge in [-0.2, -0.15) is 5.26 Å². The zero-order chi connectivity index (χ0) is 19.8. The van der Waals surface area contributed by atoms with Crippen molar-refractivity contribution in [3.05, 3.63) is 76.4 Å². The highest BCUT2D eigenvalue weighted by Crippen LogP contribution is 2.33. The molecule has 0 atom stereocenters. The Hall–Kier alpha value is -2.86. The maximum absolute atomic E-state index is 12.8. The molecule has 1 aliphatic heterocycles. The molecule has 2 aromatic carbocycles. The van der Waals surface area contributed by atoms with Crippen LogP contribution < -0.4 is 5.32 Å². The van der Waals surface area contributed by atoms with Crippen molar-refractivity contribution >= 4 is 11.5 Å². The average molecular weight is 358 g/mol. The smallest absolute Gasteiger partial charge is 0.187 e. The Kier molecular flexibility index (Phi) is 4.70. The van der Waals surface area contributed by atoms with E-state index in [0.717, 1.165) is 17.7 Å². The number of carbonyl (C=O) groups excluding carboxylic acids is 1. The molecule has 0 aromatic heterocycles. The number of allylic oxidation sites excluding steroid dienone is 1. The fourth-order valence-electron chi connectivity index (χ4n) is 3.44.